The summed E-state index contributed by atoms with van der Waals surface area (Å²) >= 11 is 0. The van der Waals surface area contributed by atoms with Gasteiger partial charge in [-0.3, -0.25) is 0 Å². The van der Waals surface area contributed by atoms with Crippen molar-refractivity contribution in [1.29, 1.82) is 0 Å². The van der Waals surface area contributed by atoms with E-state index < -0.39 is 0 Å². The van der Waals surface area contributed by atoms with E-state index in [0.29, 0.717) is 0 Å². The zero-order valence-corrected chi connectivity index (χ0v) is 9.33. The highest BCUT2D eigenvalue weighted by molar-refractivity contribution is 4.33. The maximum absolute atomic E-state index is 8.06. The molecule has 0 aliphatic rings. The van der Waals surface area contributed by atoms with Gasteiger partial charge in [0.05, 0.1) is 0 Å². The van der Waals surface area contributed by atoms with Crippen LogP contribution in [0.5, 0.6) is 0 Å². The van der Waals surface area contributed by atoms with E-state index in [1.54, 1.807) is 27.7 Å². The molecule has 0 spiro atoms. The fraction of sp³-hybridized carbons (Fsp3) is 1.00. The predicted octanol–water partition coefficient (Wildman–Crippen LogP) is 0.0681. The summed E-state index contributed by atoms with van der Waals surface area (Å²) in [6.07, 6.45) is 0.611. The van der Waals surface area contributed by atoms with Gasteiger partial charge in [-0.05, 0) is 47.2 Å². The van der Waals surface area contributed by atoms with Crippen LogP contribution in [0, 0.1) is 0 Å². The van der Waals surface area contributed by atoms with Gasteiger partial charge in [-0.15, -0.1) is 0 Å². The van der Waals surface area contributed by atoms with Crippen LogP contribution in [0.25, 0.3) is 0 Å². The van der Waals surface area contributed by atoms with Crippen molar-refractivity contribution in [3.63, 3.8) is 0 Å². The van der Waals surface area contributed by atoms with Gasteiger partial charge >= 0.3 is 0 Å². The zero-order valence-electron chi connectivity index (χ0n) is 9.33. The van der Waals surface area contributed by atoms with Gasteiger partial charge in [0, 0.05) is 12.2 Å². The van der Waals surface area contributed by atoms with Crippen LogP contribution in [-0.4, -0.2) is 35.5 Å². The fourth-order valence-corrected chi connectivity index (χ4v) is 0.118. The molecule has 0 heterocycles. The molecule has 4 heteroatoms. The first-order valence-corrected chi connectivity index (χ1v) is 4.64. The lowest BCUT2D eigenvalue weighted by Crippen LogP contribution is -2.06. The summed E-state index contributed by atoms with van der Waals surface area (Å²) in [5.74, 6) is 0. The number of aliphatic hydroxyl groups is 2. The molecule has 0 bridgehead atoms. The quantitative estimate of drug-likeness (QED) is 0.500. The molecule has 0 unspecified atom stereocenters. The van der Waals surface area contributed by atoms with Gasteiger partial charge < -0.3 is 21.7 Å². The zero-order chi connectivity index (χ0) is 11.3. The van der Waals surface area contributed by atoms with Crippen LogP contribution in [0.15, 0.2) is 0 Å². The summed E-state index contributed by atoms with van der Waals surface area (Å²) < 4.78 is 0. The standard InChI is InChI=1S/C3H10N2.2C3H8O/c4-2-1-3-5;2*1-3(2)4/h1-5H2;2*3-4H,1-2H3. The molecule has 0 aromatic rings. The first kappa shape index (κ1) is 18.6. The van der Waals surface area contributed by atoms with E-state index in [1.807, 2.05) is 0 Å². The lowest BCUT2D eigenvalue weighted by atomic mass is 10.4. The molecule has 84 valence electrons. The number of nitrogens with two attached hydrogens (primary N) is 2. The topological polar surface area (TPSA) is 92.5 Å². The van der Waals surface area contributed by atoms with Crippen molar-refractivity contribution < 1.29 is 10.2 Å². The van der Waals surface area contributed by atoms with E-state index >= 15 is 0 Å². The van der Waals surface area contributed by atoms with Gasteiger partial charge in [-0.25, -0.2) is 0 Å². The van der Waals surface area contributed by atoms with E-state index in [1.165, 1.54) is 0 Å². The van der Waals surface area contributed by atoms with E-state index in [-0.39, 0.29) is 12.2 Å². The monoisotopic (exact) mass is 194 g/mol. The third-order valence-corrected chi connectivity index (χ3v) is 0.408. The molecule has 0 aromatic heterocycles. The van der Waals surface area contributed by atoms with Gasteiger partial charge in [-0.2, -0.15) is 0 Å². The van der Waals surface area contributed by atoms with Crippen molar-refractivity contribution >= 4 is 0 Å². The lowest BCUT2D eigenvalue weighted by Gasteiger charge is -1.81. The molecule has 0 aromatic carbocycles. The van der Waals surface area contributed by atoms with Crippen LogP contribution in [0.1, 0.15) is 34.1 Å². The minimum Gasteiger partial charge on any atom is -0.394 e. The molecule has 0 radical (unpaired) electrons. The maximum atomic E-state index is 8.06. The Bertz CT molecular complexity index is 55.1. The highest BCUT2D eigenvalue weighted by Gasteiger charge is 1.69. The SMILES string of the molecule is CC(C)O.CC(C)O.NCCCN. The van der Waals surface area contributed by atoms with E-state index in [4.69, 9.17) is 21.7 Å². The summed E-state index contributed by atoms with van der Waals surface area (Å²) in [6.45, 7) is 8.33. The molecule has 0 fully saturated rings. The average molecular weight is 194 g/mol. The van der Waals surface area contributed by atoms with Gasteiger partial charge in [-0.1, -0.05) is 0 Å². The molecule has 0 rings (SSSR count). The molecule has 0 aliphatic carbocycles. The largest absolute Gasteiger partial charge is 0.394 e. The minimum absolute atomic E-state index is 0.167. The second-order valence-corrected chi connectivity index (χ2v) is 3.12. The normalized spacial score (nSPS) is 8.77. The van der Waals surface area contributed by atoms with E-state index in [2.05, 4.69) is 0 Å². The Labute approximate surface area is 81.9 Å². The van der Waals surface area contributed by atoms with Crippen LogP contribution in [-0.2, 0) is 0 Å². The first-order chi connectivity index (χ1) is 5.88. The molecule has 6 N–H and O–H groups in total. The Morgan fingerprint density at radius 3 is 1.00 bits per heavy atom. The summed E-state index contributed by atoms with van der Waals surface area (Å²) in [7, 11) is 0. The minimum atomic E-state index is -0.167. The smallest absolute Gasteiger partial charge is 0.0483 e. The highest BCUT2D eigenvalue weighted by Crippen LogP contribution is 1.65. The summed E-state index contributed by atoms with van der Waals surface area (Å²) in [5, 5.41) is 16.1. The van der Waals surface area contributed by atoms with Crippen LogP contribution in [0.3, 0.4) is 0 Å². The van der Waals surface area contributed by atoms with Gasteiger partial charge in [0.2, 0.25) is 0 Å². The second-order valence-electron chi connectivity index (χ2n) is 3.12. The van der Waals surface area contributed by atoms with Crippen molar-refractivity contribution in [1.82, 2.24) is 0 Å². The number of hydrogen-bond donors (Lipinski definition) is 4. The molecule has 13 heavy (non-hydrogen) atoms. The average Bonchev–Trinajstić information content (AvgIpc) is 1.86. The Hall–Kier alpha value is -0.160. The number of rotatable bonds is 2. The first-order valence-electron chi connectivity index (χ1n) is 4.64. The van der Waals surface area contributed by atoms with Crippen molar-refractivity contribution in [2.45, 2.75) is 46.3 Å². The van der Waals surface area contributed by atoms with Crippen LogP contribution < -0.4 is 11.5 Å². The lowest BCUT2D eigenvalue weighted by molar-refractivity contribution is 0.215. The molecule has 0 saturated carbocycles. The second kappa shape index (κ2) is 17.8. The molecule has 4 nitrogen and oxygen atoms in total. The predicted molar refractivity (Wildman–Crippen MR) is 57.4 cm³/mol. The number of hydrogen-bond acceptors (Lipinski definition) is 4. The summed E-state index contributed by atoms with van der Waals surface area (Å²) in [6, 6.07) is 0. The van der Waals surface area contributed by atoms with E-state index in [0.717, 1.165) is 19.5 Å². The summed E-state index contributed by atoms with van der Waals surface area (Å²) in [4.78, 5) is 0. The third-order valence-electron chi connectivity index (χ3n) is 0.408. The third kappa shape index (κ3) is 339. The highest BCUT2D eigenvalue weighted by atomic mass is 16.3. The molecule has 0 saturated heterocycles. The van der Waals surface area contributed by atoms with Crippen molar-refractivity contribution in [2.75, 3.05) is 13.1 Å². The number of aliphatic hydroxyl groups excluding tert-OH is 2. The Balaban J connectivity index is -0.000000117. The van der Waals surface area contributed by atoms with Crippen LogP contribution in [0.4, 0.5) is 0 Å². The van der Waals surface area contributed by atoms with Crippen molar-refractivity contribution in [2.24, 2.45) is 11.5 Å². The Morgan fingerprint density at radius 1 is 0.846 bits per heavy atom. The van der Waals surface area contributed by atoms with Gasteiger partial charge in [0.25, 0.3) is 0 Å². The van der Waals surface area contributed by atoms with Crippen LogP contribution in [0.2, 0.25) is 0 Å². The molecule has 0 atom stereocenters. The Morgan fingerprint density at radius 2 is 1.00 bits per heavy atom. The van der Waals surface area contributed by atoms with Gasteiger partial charge in [0.1, 0.15) is 0 Å². The molecule has 0 aliphatic heterocycles. The molecular weight excluding hydrogens is 168 g/mol. The maximum Gasteiger partial charge on any atom is 0.0483 e. The van der Waals surface area contributed by atoms with E-state index in [9.17, 15) is 0 Å². The fourth-order valence-electron chi connectivity index (χ4n) is 0.118. The van der Waals surface area contributed by atoms with Crippen molar-refractivity contribution in [3.8, 4) is 0 Å². The van der Waals surface area contributed by atoms with Gasteiger partial charge in [0.15, 0.2) is 0 Å². The molecular formula is C9H26N2O2. The molecule has 0 amide bonds. The van der Waals surface area contributed by atoms with Crippen molar-refractivity contribution in [3.05, 3.63) is 0 Å². The van der Waals surface area contributed by atoms with Crippen LogP contribution >= 0.6 is 0 Å². The summed E-state index contributed by atoms with van der Waals surface area (Å²) in [5.41, 5.74) is 10.1. The Kier molecular flexibility index (Phi) is 25.5.